The van der Waals surface area contributed by atoms with Crippen molar-refractivity contribution in [3.63, 3.8) is 0 Å². The van der Waals surface area contributed by atoms with Crippen molar-refractivity contribution in [3.8, 4) is 61.7 Å². The molecule has 2 heterocycles. The number of hydrogen-bond donors (Lipinski definition) is 0. The minimum absolute atomic E-state index is 0.638. The van der Waals surface area contributed by atoms with Gasteiger partial charge in [-0.1, -0.05) is 121 Å². The van der Waals surface area contributed by atoms with E-state index in [0.29, 0.717) is 5.56 Å². The summed E-state index contributed by atoms with van der Waals surface area (Å²) < 4.78 is 12.6. The molecule has 3 heteroatoms. The maximum Gasteiger partial charge on any atom is 0.136 e. The van der Waals surface area contributed by atoms with Crippen LogP contribution in [0, 0.1) is 11.3 Å². The van der Waals surface area contributed by atoms with E-state index in [9.17, 15) is 5.26 Å². The van der Waals surface area contributed by atoms with Gasteiger partial charge >= 0.3 is 0 Å². The monoisotopic (exact) mass is 663 g/mol. The number of hydrogen-bond acceptors (Lipinski definition) is 3. The Morgan fingerprint density at radius 3 is 1.81 bits per heavy atom. The van der Waals surface area contributed by atoms with E-state index in [2.05, 4.69) is 121 Å². The van der Waals surface area contributed by atoms with E-state index in [1.807, 2.05) is 60.7 Å². The Balaban J connectivity index is 1.32. The number of para-hydroxylation sites is 2. The van der Waals surface area contributed by atoms with Crippen LogP contribution in [-0.2, 0) is 0 Å². The molecule has 0 saturated carbocycles. The van der Waals surface area contributed by atoms with E-state index >= 15 is 0 Å². The molecule has 0 atom stereocenters. The highest BCUT2D eigenvalue weighted by atomic mass is 16.3. The van der Waals surface area contributed by atoms with Crippen LogP contribution in [0.4, 0.5) is 0 Å². The van der Waals surface area contributed by atoms with Crippen molar-refractivity contribution >= 4 is 43.9 Å². The van der Waals surface area contributed by atoms with Gasteiger partial charge in [0.2, 0.25) is 0 Å². The highest BCUT2D eigenvalue weighted by Gasteiger charge is 2.21. The lowest BCUT2D eigenvalue weighted by atomic mass is 9.84. The maximum atomic E-state index is 10.2. The van der Waals surface area contributed by atoms with Gasteiger partial charge < -0.3 is 8.83 Å². The molecule has 242 valence electrons. The summed E-state index contributed by atoms with van der Waals surface area (Å²) in [6, 6.07) is 63.3. The van der Waals surface area contributed by atoms with Gasteiger partial charge in [-0.25, -0.2) is 0 Å². The molecule has 3 nitrogen and oxygen atoms in total. The summed E-state index contributed by atoms with van der Waals surface area (Å²) in [6.45, 7) is 0. The number of nitrogens with zero attached hydrogens (tertiary/aromatic N) is 1. The maximum absolute atomic E-state index is 10.2. The van der Waals surface area contributed by atoms with E-state index in [0.717, 1.165) is 99.5 Å². The Labute approximate surface area is 300 Å². The highest BCUT2D eigenvalue weighted by molar-refractivity contribution is 6.15. The van der Waals surface area contributed by atoms with Crippen molar-refractivity contribution in [1.29, 1.82) is 5.26 Å². The fourth-order valence-electron chi connectivity index (χ4n) is 7.78. The number of benzene rings is 8. The zero-order valence-electron chi connectivity index (χ0n) is 28.0. The van der Waals surface area contributed by atoms with Crippen molar-refractivity contribution in [2.45, 2.75) is 0 Å². The minimum Gasteiger partial charge on any atom is -0.456 e. The van der Waals surface area contributed by atoms with Crippen LogP contribution >= 0.6 is 0 Å². The molecule has 0 aliphatic rings. The van der Waals surface area contributed by atoms with Crippen LogP contribution in [0.2, 0.25) is 0 Å². The Morgan fingerprint density at radius 2 is 0.942 bits per heavy atom. The smallest absolute Gasteiger partial charge is 0.136 e. The van der Waals surface area contributed by atoms with Gasteiger partial charge in [0.05, 0.1) is 11.6 Å². The molecule has 0 amide bonds. The van der Waals surface area contributed by atoms with Crippen LogP contribution in [0.3, 0.4) is 0 Å². The zero-order valence-corrected chi connectivity index (χ0v) is 28.0. The lowest BCUT2D eigenvalue weighted by Gasteiger charge is -2.19. The summed E-state index contributed by atoms with van der Waals surface area (Å²) >= 11 is 0. The summed E-state index contributed by atoms with van der Waals surface area (Å²) in [5.74, 6) is 0. The molecule has 0 bridgehead atoms. The van der Waals surface area contributed by atoms with Crippen LogP contribution in [0.1, 0.15) is 5.56 Å². The van der Waals surface area contributed by atoms with Crippen LogP contribution in [-0.4, -0.2) is 0 Å². The lowest BCUT2D eigenvalue weighted by Crippen LogP contribution is -1.94. The van der Waals surface area contributed by atoms with Crippen LogP contribution < -0.4 is 0 Å². The molecule has 10 rings (SSSR count). The van der Waals surface area contributed by atoms with Gasteiger partial charge in [-0.15, -0.1) is 0 Å². The molecule has 0 radical (unpaired) electrons. The molecule has 0 spiro atoms. The summed E-state index contributed by atoms with van der Waals surface area (Å²) in [5.41, 5.74) is 14.7. The second kappa shape index (κ2) is 12.0. The molecule has 0 saturated heterocycles. The fourth-order valence-corrected chi connectivity index (χ4v) is 7.78. The molecule has 8 aromatic carbocycles. The first-order valence-corrected chi connectivity index (χ1v) is 17.4. The topological polar surface area (TPSA) is 50.1 Å². The third-order valence-electron chi connectivity index (χ3n) is 10.1. The number of furan rings is 2. The average molecular weight is 664 g/mol. The van der Waals surface area contributed by atoms with Gasteiger partial charge in [0.1, 0.15) is 22.3 Å². The van der Waals surface area contributed by atoms with E-state index < -0.39 is 0 Å². The first kappa shape index (κ1) is 29.7. The number of rotatable bonds is 5. The second-order valence-electron chi connectivity index (χ2n) is 13.1. The van der Waals surface area contributed by atoms with E-state index in [1.54, 1.807) is 0 Å². The van der Waals surface area contributed by atoms with E-state index in [-0.39, 0.29) is 0 Å². The van der Waals surface area contributed by atoms with Crippen molar-refractivity contribution in [3.05, 3.63) is 181 Å². The second-order valence-corrected chi connectivity index (χ2v) is 13.1. The predicted octanol–water partition coefficient (Wildman–Crippen LogP) is 13.7. The molecule has 10 aromatic rings. The van der Waals surface area contributed by atoms with Crippen LogP contribution in [0.5, 0.6) is 0 Å². The third-order valence-corrected chi connectivity index (χ3v) is 10.1. The summed E-state index contributed by atoms with van der Waals surface area (Å²) in [7, 11) is 0. The number of fused-ring (bicyclic) bond motifs is 6. The predicted molar refractivity (Wildman–Crippen MR) is 213 cm³/mol. The standard InChI is InChI=1S/C49H29NO2/c50-30-33-14-4-5-15-37(33)35-26-34(31-12-2-1-3-13-31)27-36(28-35)48-38(32-24-25-46-43(29-32)39-16-6-8-21-44(39)51-46)18-10-19-40(48)41-20-11-23-47-49(41)42-17-7-9-22-45(42)52-47/h1-29H. The summed E-state index contributed by atoms with van der Waals surface area (Å²) in [4.78, 5) is 0. The van der Waals surface area contributed by atoms with Crippen molar-refractivity contribution in [1.82, 2.24) is 0 Å². The SMILES string of the molecule is N#Cc1ccccc1-c1cc(-c2ccccc2)cc(-c2c(-c3ccc4oc5ccccc5c4c3)cccc2-c2cccc3oc4ccccc4c23)c1. The van der Waals surface area contributed by atoms with Gasteiger partial charge in [0, 0.05) is 21.5 Å². The fraction of sp³-hybridized carbons (Fsp3) is 0. The molecule has 0 aliphatic carbocycles. The Bertz CT molecular complexity index is 3030. The first-order chi connectivity index (χ1) is 25.7. The van der Waals surface area contributed by atoms with E-state index in [4.69, 9.17) is 8.83 Å². The molecular weight excluding hydrogens is 635 g/mol. The van der Waals surface area contributed by atoms with Crippen molar-refractivity contribution in [2.24, 2.45) is 0 Å². The first-order valence-electron chi connectivity index (χ1n) is 17.4. The Morgan fingerprint density at radius 1 is 0.346 bits per heavy atom. The van der Waals surface area contributed by atoms with Gasteiger partial charge in [-0.2, -0.15) is 5.26 Å². The Hall–Kier alpha value is -7.15. The average Bonchev–Trinajstić information content (AvgIpc) is 3.79. The minimum atomic E-state index is 0.638. The molecular formula is C49H29NO2. The summed E-state index contributed by atoms with van der Waals surface area (Å²) in [5, 5.41) is 14.5. The quantitative estimate of drug-likeness (QED) is 0.184. The van der Waals surface area contributed by atoms with Gasteiger partial charge in [0.25, 0.3) is 0 Å². The molecule has 0 unspecified atom stereocenters. The lowest BCUT2D eigenvalue weighted by molar-refractivity contribution is 0.668. The third kappa shape index (κ3) is 4.81. The van der Waals surface area contributed by atoms with Crippen LogP contribution in [0.15, 0.2) is 185 Å². The van der Waals surface area contributed by atoms with E-state index in [1.165, 1.54) is 0 Å². The van der Waals surface area contributed by atoms with Crippen molar-refractivity contribution in [2.75, 3.05) is 0 Å². The van der Waals surface area contributed by atoms with Gasteiger partial charge in [0.15, 0.2) is 0 Å². The molecule has 0 fully saturated rings. The zero-order chi connectivity index (χ0) is 34.6. The normalized spacial score (nSPS) is 11.4. The Kier molecular flexibility index (Phi) is 6.87. The van der Waals surface area contributed by atoms with Gasteiger partial charge in [-0.05, 0) is 110 Å². The highest BCUT2D eigenvalue weighted by Crippen LogP contribution is 2.47. The summed E-state index contributed by atoms with van der Waals surface area (Å²) in [6.07, 6.45) is 0. The molecule has 52 heavy (non-hydrogen) atoms. The number of nitriles is 1. The molecule has 2 aromatic heterocycles. The van der Waals surface area contributed by atoms with Crippen molar-refractivity contribution < 1.29 is 8.83 Å². The molecule has 0 N–H and O–H groups in total. The largest absolute Gasteiger partial charge is 0.456 e. The molecule has 0 aliphatic heterocycles. The van der Waals surface area contributed by atoms with Crippen LogP contribution in [0.25, 0.3) is 99.5 Å². The van der Waals surface area contributed by atoms with Gasteiger partial charge in [-0.3, -0.25) is 0 Å².